The van der Waals surface area contributed by atoms with Crippen LogP contribution < -0.4 is 11.1 Å². The van der Waals surface area contributed by atoms with Gasteiger partial charge in [0.25, 0.3) is 0 Å². The molecule has 0 spiro atoms. The third-order valence-electron chi connectivity index (χ3n) is 2.61. The zero-order valence-electron chi connectivity index (χ0n) is 8.86. The number of hydrogen-bond acceptors (Lipinski definition) is 3. The predicted octanol–water partition coefficient (Wildman–Crippen LogP) is -0.648. The average Bonchev–Trinajstić information content (AvgIpc) is 2.18. The Labute approximate surface area is 95.8 Å². The summed E-state index contributed by atoms with van der Waals surface area (Å²) in [6.45, 7) is 2.26. The second kappa shape index (κ2) is 6.63. The molecule has 0 saturated carbocycles. The van der Waals surface area contributed by atoms with Crippen LogP contribution in [0.25, 0.3) is 0 Å². The minimum absolute atomic E-state index is 0. The molecular formula is C9H18ClN3O2. The Balaban J connectivity index is 0.00000196. The zero-order valence-corrected chi connectivity index (χ0v) is 9.68. The first-order chi connectivity index (χ1) is 6.65. The van der Waals surface area contributed by atoms with Gasteiger partial charge in [0.2, 0.25) is 0 Å². The van der Waals surface area contributed by atoms with Gasteiger partial charge in [-0.2, -0.15) is 0 Å². The van der Waals surface area contributed by atoms with Crippen molar-refractivity contribution < 1.29 is 9.59 Å². The SMILES string of the molecule is CNCC1CCN(C(=O)C(N)=O)CC1.Cl. The molecule has 0 radical (unpaired) electrons. The van der Waals surface area contributed by atoms with Crippen molar-refractivity contribution in [2.24, 2.45) is 11.7 Å². The summed E-state index contributed by atoms with van der Waals surface area (Å²) in [5.41, 5.74) is 4.92. The molecule has 3 N–H and O–H groups in total. The summed E-state index contributed by atoms with van der Waals surface area (Å²) in [7, 11) is 1.92. The van der Waals surface area contributed by atoms with E-state index in [0.29, 0.717) is 19.0 Å². The van der Waals surface area contributed by atoms with E-state index in [1.165, 1.54) is 4.90 Å². The van der Waals surface area contributed by atoms with Crippen molar-refractivity contribution in [1.29, 1.82) is 0 Å². The normalized spacial score (nSPS) is 17.0. The van der Waals surface area contributed by atoms with Gasteiger partial charge in [-0.05, 0) is 32.4 Å². The number of rotatable bonds is 2. The van der Waals surface area contributed by atoms with Crippen LogP contribution in [0, 0.1) is 5.92 Å². The third kappa shape index (κ3) is 4.05. The maximum atomic E-state index is 11.2. The summed E-state index contributed by atoms with van der Waals surface area (Å²) in [5.74, 6) is -0.790. The Hall–Kier alpha value is -0.810. The number of nitrogens with one attached hydrogen (secondary N) is 1. The van der Waals surface area contributed by atoms with Crippen molar-refractivity contribution in [2.75, 3.05) is 26.7 Å². The van der Waals surface area contributed by atoms with Crippen LogP contribution in [0.3, 0.4) is 0 Å². The maximum absolute atomic E-state index is 11.2. The standard InChI is InChI=1S/C9H17N3O2.ClH/c1-11-6-7-2-4-12(5-3-7)9(14)8(10)13;/h7,11H,2-6H2,1H3,(H2,10,13);1H. The molecule has 1 heterocycles. The van der Waals surface area contributed by atoms with E-state index in [2.05, 4.69) is 5.32 Å². The molecule has 0 aromatic heterocycles. The minimum atomic E-state index is -0.850. The van der Waals surface area contributed by atoms with Crippen molar-refractivity contribution in [3.05, 3.63) is 0 Å². The lowest BCUT2D eigenvalue weighted by Gasteiger charge is -2.30. The summed E-state index contributed by atoms with van der Waals surface area (Å²) < 4.78 is 0. The van der Waals surface area contributed by atoms with E-state index in [0.717, 1.165) is 19.4 Å². The summed E-state index contributed by atoms with van der Waals surface area (Å²) in [6, 6.07) is 0. The second-order valence-corrected chi connectivity index (χ2v) is 3.66. The number of primary amides is 1. The fourth-order valence-electron chi connectivity index (χ4n) is 1.78. The van der Waals surface area contributed by atoms with E-state index in [9.17, 15) is 9.59 Å². The first-order valence-corrected chi connectivity index (χ1v) is 4.88. The number of carbonyl (C=O) groups excluding carboxylic acids is 2. The van der Waals surface area contributed by atoms with Crippen molar-refractivity contribution >= 4 is 24.2 Å². The second-order valence-electron chi connectivity index (χ2n) is 3.66. The van der Waals surface area contributed by atoms with Crippen molar-refractivity contribution in [3.63, 3.8) is 0 Å². The van der Waals surface area contributed by atoms with Crippen LogP contribution >= 0.6 is 12.4 Å². The number of amides is 2. The highest BCUT2D eigenvalue weighted by Crippen LogP contribution is 2.15. The van der Waals surface area contributed by atoms with Gasteiger partial charge in [-0.25, -0.2) is 0 Å². The van der Waals surface area contributed by atoms with Crippen LogP contribution in [0.4, 0.5) is 0 Å². The van der Waals surface area contributed by atoms with Crippen molar-refractivity contribution in [3.8, 4) is 0 Å². The smallest absolute Gasteiger partial charge is 0.311 e. The highest BCUT2D eigenvalue weighted by molar-refractivity contribution is 6.34. The molecule has 0 aliphatic carbocycles. The molecule has 1 aliphatic heterocycles. The van der Waals surface area contributed by atoms with Gasteiger partial charge in [-0.1, -0.05) is 0 Å². The molecule has 1 fully saturated rings. The summed E-state index contributed by atoms with van der Waals surface area (Å²) >= 11 is 0. The fraction of sp³-hybridized carbons (Fsp3) is 0.778. The number of nitrogens with zero attached hydrogens (tertiary/aromatic N) is 1. The van der Waals surface area contributed by atoms with Gasteiger partial charge in [0.1, 0.15) is 0 Å². The van der Waals surface area contributed by atoms with E-state index >= 15 is 0 Å². The average molecular weight is 236 g/mol. The van der Waals surface area contributed by atoms with Crippen LogP contribution in [0.5, 0.6) is 0 Å². The summed E-state index contributed by atoms with van der Waals surface area (Å²) in [4.78, 5) is 23.4. The first kappa shape index (κ1) is 14.2. The molecule has 15 heavy (non-hydrogen) atoms. The Morgan fingerprint density at radius 1 is 1.40 bits per heavy atom. The Morgan fingerprint density at radius 3 is 2.33 bits per heavy atom. The van der Waals surface area contributed by atoms with Crippen LogP contribution in [0.2, 0.25) is 0 Å². The van der Waals surface area contributed by atoms with Gasteiger partial charge in [-0.3, -0.25) is 9.59 Å². The zero-order chi connectivity index (χ0) is 10.6. The van der Waals surface area contributed by atoms with Crippen molar-refractivity contribution in [2.45, 2.75) is 12.8 Å². The van der Waals surface area contributed by atoms with Crippen LogP contribution in [-0.2, 0) is 9.59 Å². The van der Waals surface area contributed by atoms with E-state index in [1.54, 1.807) is 0 Å². The molecular weight excluding hydrogens is 218 g/mol. The van der Waals surface area contributed by atoms with Gasteiger partial charge in [-0.15, -0.1) is 12.4 Å². The highest BCUT2D eigenvalue weighted by atomic mass is 35.5. The molecule has 0 aromatic rings. The third-order valence-corrected chi connectivity index (χ3v) is 2.61. The number of carbonyl (C=O) groups is 2. The lowest BCUT2D eigenvalue weighted by atomic mass is 9.97. The number of halogens is 1. The van der Waals surface area contributed by atoms with E-state index in [-0.39, 0.29) is 12.4 Å². The molecule has 5 nitrogen and oxygen atoms in total. The predicted molar refractivity (Wildman–Crippen MR) is 59.7 cm³/mol. The minimum Gasteiger partial charge on any atom is -0.361 e. The molecule has 0 bridgehead atoms. The fourth-order valence-corrected chi connectivity index (χ4v) is 1.78. The number of piperidine rings is 1. The molecule has 2 amide bonds. The monoisotopic (exact) mass is 235 g/mol. The summed E-state index contributed by atoms with van der Waals surface area (Å²) in [6.07, 6.45) is 1.89. The van der Waals surface area contributed by atoms with Crippen LogP contribution in [0.1, 0.15) is 12.8 Å². The number of hydrogen-bond donors (Lipinski definition) is 2. The van der Waals surface area contributed by atoms with E-state index in [4.69, 9.17) is 5.73 Å². The van der Waals surface area contributed by atoms with Crippen LogP contribution in [-0.4, -0.2) is 43.4 Å². The molecule has 6 heteroatoms. The molecule has 0 unspecified atom stereocenters. The molecule has 0 atom stereocenters. The van der Waals surface area contributed by atoms with Crippen LogP contribution in [0.15, 0.2) is 0 Å². The first-order valence-electron chi connectivity index (χ1n) is 4.88. The lowest BCUT2D eigenvalue weighted by molar-refractivity contribution is -0.145. The molecule has 88 valence electrons. The number of nitrogens with two attached hydrogens (primary N) is 1. The number of likely N-dealkylation sites (tertiary alicyclic amines) is 1. The van der Waals surface area contributed by atoms with Gasteiger partial charge in [0.15, 0.2) is 0 Å². The Kier molecular flexibility index (Phi) is 6.27. The van der Waals surface area contributed by atoms with E-state index < -0.39 is 11.8 Å². The summed E-state index contributed by atoms with van der Waals surface area (Å²) in [5, 5.41) is 3.11. The lowest BCUT2D eigenvalue weighted by Crippen LogP contribution is -2.45. The van der Waals surface area contributed by atoms with Crippen molar-refractivity contribution in [1.82, 2.24) is 10.2 Å². The molecule has 0 aromatic carbocycles. The molecule has 1 saturated heterocycles. The topological polar surface area (TPSA) is 75.4 Å². The van der Waals surface area contributed by atoms with Gasteiger partial charge >= 0.3 is 11.8 Å². The van der Waals surface area contributed by atoms with E-state index in [1.807, 2.05) is 7.05 Å². The Morgan fingerprint density at radius 2 is 1.93 bits per heavy atom. The van der Waals surface area contributed by atoms with Gasteiger partial charge < -0.3 is 16.0 Å². The maximum Gasteiger partial charge on any atom is 0.311 e. The Bertz CT molecular complexity index is 227. The molecule has 1 rings (SSSR count). The van der Waals surface area contributed by atoms with Gasteiger partial charge in [0.05, 0.1) is 0 Å². The largest absolute Gasteiger partial charge is 0.361 e. The van der Waals surface area contributed by atoms with Gasteiger partial charge in [0, 0.05) is 13.1 Å². The highest BCUT2D eigenvalue weighted by Gasteiger charge is 2.24. The molecule has 1 aliphatic rings. The quantitative estimate of drug-likeness (QED) is 0.625.